The Morgan fingerprint density at radius 2 is 1.93 bits per heavy atom. The van der Waals surface area contributed by atoms with Gasteiger partial charge in [0, 0.05) is 29.8 Å². The van der Waals surface area contributed by atoms with Crippen molar-refractivity contribution in [1.82, 2.24) is 4.90 Å². The maximum Gasteiger partial charge on any atom is 0.118 e. The number of ether oxygens (including phenoxy) is 2. The molecular formula is C24H31NO2. The summed E-state index contributed by atoms with van der Waals surface area (Å²) in [6.45, 7) is 8.29. The van der Waals surface area contributed by atoms with Gasteiger partial charge in [-0.1, -0.05) is 55.8 Å². The second-order valence-corrected chi connectivity index (χ2v) is 10.2. The van der Waals surface area contributed by atoms with Crippen LogP contribution in [-0.4, -0.2) is 41.0 Å². The fourth-order valence-electron chi connectivity index (χ4n) is 7.09. The molecule has 8 atom stereocenters. The van der Waals surface area contributed by atoms with Crippen LogP contribution in [0.5, 0.6) is 0 Å². The molecular weight excluding hydrogens is 334 g/mol. The zero-order chi connectivity index (χ0) is 18.4. The van der Waals surface area contributed by atoms with Crippen molar-refractivity contribution >= 4 is 0 Å². The molecule has 144 valence electrons. The van der Waals surface area contributed by atoms with Gasteiger partial charge in [0.2, 0.25) is 0 Å². The number of benzene rings is 1. The first-order valence-corrected chi connectivity index (χ1v) is 10.8. The van der Waals surface area contributed by atoms with E-state index in [1.165, 1.54) is 24.8 Å². The fraction of sp³-hybridized carbons (Fsp3) is 0.667. The van der Waals surface area contributed by atoms with Gasteiger partial charge in [0.15, 0.2) is 0 Å². The molecule has 3 heteroatoms. The van der Waals surface area contributed by atoms with E-state index in [1.807, 2.05) is 0 Å². The largest absolute Gasteiger partial charge is 0.361 e. The molecule has 0 radical (unpaired) electrons. The van der Waals surface area contributed by atoms with Crippen LogP contribution in [0, 0.1) is 17.8 Å². The van der Waals surface area contributed by atoms with Gasteiger partial charge in [0.1, 0.15) is 11.8 Å². The van der Waals surface area contributed by atoms with Gasteiger partial charge in [-0.05, 0) is 38.2 Å². The molecule has 6 rings (SSSR count). The van der Waals surface area contributed by atoms with Crippen molar-refractivity contribution in [3.63, 3.8) is 0 Å². The minimum Gasteiger partial charge on any atom is -0.361 e. The van der Waals surface area contributed by atoms with Crippen molar-refractivity contribution in [2.75, 3.05) is 6.54 Å². The summed E-state index contributed by atoms with van der Waals surface area (Å²) in [5.41, 5.74) is 1.41. The Hall–Kier alpha value is -1.16. The van der Waals surface area contributed by atoms with Crippen LogP contribution in [0.15, 0.2) is 42.5 Å². The molecule has 4 aliphatic heterocycles. The number of fused-ring (bicyclic) bond motifs is 4. The number of hydrogen-bond donors (Lipinski definition) is 0. The minimum atomic E-state index is -0.160. The number of rotatable bonds is 1. The minimum absolute atomic E-state index is 0.160. The molecule has 1 aliphatic carbocycles. The predicted octanol–water partition coefficient (Wildman–Crippen LogP) is 4.35. The van der Waals surface area contributed by atoms with E-state index >= 15 is 0 Å². The third-order valence-corrected chi connectivity index (χ3v) is 8.46. The Morgan fingerprint density at radius 1 is 1.11 bits per heavy atom. The average molecular weight is 366 g/mol. The summed E-state index contributed by atoms with van der Waals surface area (Å²) in [5, 5.41) is 0. The Morgan fingerprint density at radius 3 is 2.74 bits per heavy atom. The van der Waals surface area contributed by atoms with Crippen molar-refractivity contribution in [3.8, 4) is 0 Å². The van der Waals surface area contributed by atoms with Gasteiger partial charge in [0.25, 0.3) is 0 Å². The molecule has 1 aromatic rings. The van der Waals surface area contributed by atoms with E-state index in [0.29, 0.717) is 23.9 Å². The molecule has 27 heavy (non-hydrogen) atoms. The SMILES string of the molecule is C[C@@H]1CC[C@@H]2[C@@H](C1)O[C@H]1[C@@H]3[C@@H](c4ccccc4)[C@H]4C=C[C@@]3(CN1C2(C)C)O4. The van der Waals surface area contributed by atoms with Gasteiger partial charge >= 0.3 is 0 Å². The maximum absolute atomic E-state index is 6.95. The summed E-state index contributed by atoms with van der Waals surface area (Å²) >= 11 is 0. The van der Waals surface area contributed by atoms with E-state index in [0.717, 1.165) is 12.5 Å². The highest BCUT2D eigenvalue weighted by Gasteiger charge is 2.69. The highest BCUT2D eigenvalue weighted by molar-refractivity contribution is 5.37. The van der Waals surface area contributed by atoms with Crippen molar-refractivity contribution in [1.29, 1.82) is 0 Å². The van der Waals surface area contributed by atoms with Gasteiger partial charge in [0.05, 0.1) is 12.2 Å². The van der Waals surface area contributed by atoms with Gasteiger partial charge in [-0.25, -0.2) is 0 Å². The molecule has 0 amide bonds. The lowest BCUT2D eigenvalue weighted by Gasteiger charge is -2.56. The van der Waals surface area contributed by atoms with Gasteiger partial charge in [-0.2, -0.15) is 0 Å². The summed E-state index contributed by atoms with van der Waals surface area (Å²) in [5.74, 6) is 2.22. The van der Waals surface area contributed by atoms with E-state index in [9.17, 15) is 0 Å². The van der Waals surface area contributed by atoms with E-state index in [1.54, 1.807) is 0 Å². The van der Waals surface area contributed by atoms with Crippen molar-refractivity contribution in [2.24, 2.45) is 17.8 Å². The Bertz CT molecular complexity index is 774. The molecule has 1 spiro atoms. The second kappa shape index (κ2) is 5.46. The summed E-state index contributed by atoms with van der Waals surface area (Å²) in [6, 6.07) is 11.0. The Balaban J connectivity index is 1.42. The van der Waals surface area contributed by atoms with Crippen LogP contribution in [0.2, 0.25) is 0 Å². The molecule has 1 aromatic carbocycles. The molecule has 3 saturated heterocycles. The molecule has 5 aliphatic rings. The van der Waals surface area contributed by atoms with E-state index in [-0.39, 0.29) is 23.5 Å². The van der Waals surface area contributed by atoms with Gasteiger partial charge in [-0.3, -0.25) is 4.90 Å². The summed E-state index contributed by atoms with van der Waals surface area (Å²) in [4.78, 5) is 2.66. The first kappa shape index (κ1) is 16.8. The van der Waals surface area contributed by atoms with Crippen LogP contribution < -0.4 is 0 Å². The normalized spacial score (nSPS) is 49.7. The molecule has 3 nitrogen and oxygen atoms in total. The molecule has 4 heterocycles. The Kier molecular flexibility index (Phi) is 3.39. The molecule has 4 fully saturated rings. The highest BCUT2D eigenvalue weighted by atomic mass is 16.6. The smallest absolute Gasteiger partial charge is 0.118 e. The molecule has 0 N–H and O–H groups in total. The molecule has 0 aromatic heterocycles. The zero-order valence-corrected chi connectivity index (χ0v) is 16.7. The lowest BCUT2D eigenvalue weighted by Crippen LogP contribution is -2.63. The highest BCUT2D eigenvalue weighted by Crippen LogP contribution is 2.61. The summed E-state index contributed by atoms with van der Waals surface area (Å²) in [7, 11) is 0. The average Bonchev–Trinajstić information content (AvgIpc) is 3.30. The monoisotopic (exact) mass is 365 g/mol. The topological polar surface area (TPSA) is 21.7 Å². The third-order valence-electron chi connectivity index (χ3n) is 8.46. The predicted molar refractivity (Wildman–Crippen MR) is 105 cm³/mol. The lowest BCUT2D eigenvalue weighted by molar-refractivity contribution is -0.230. The lowest BCUT2D eigenvalue weighted by atomic mass is 9.69. The van der Waals surface area contributed by atoms with Gasteiger partial charge in [-0.15, -0.1) is 0 Å². The first-order valence-electron chi connectivity index (χ1n) is 10.8. The van der Waals surface area contributed by atoms with Crippen LogP contribution in [0.25, 0.3) is 0 Å². The zero-order valence-electron chi connectivity index (χ0n) is 16.7. The summed E-state index contributed by atoms with van der Waals surface area (Å²) < 4.78 is 13.6. The maximum atomic E-state index is 6.95. The molecule has 2 bridgehead atoms. The van der Waals surface area contributed by atoms with E-state index in [2.05, 4.69) is 68.2 Å². The third kappa shape index (κ3) is 2.14. The van der Waals surface area contributed by atoms with E-state index in [4.69, 9.17) is 9.47 Å². The Labute approximate surface area is 162 Å². The van der Waals surface area contributed by atoms with Crippen LogP contribution in [0.4, 0.5) is 0 Å². The van der Waals surface area contributed by atoms with Crippen LogP contribution in [0.1, 0.15) is 51.5 Å². The fourth-order valence-corrected chi connectivity index (χ4v) is 7.09. The van der Waals surface area contributed by atoms with Crippen LogP contribution >= 0.6 is 0 Å². The van der Waals surface area contributed by atoms with Crippen molar-refractivity contribution in [2.45, 2.75) is 75.5 Å². The summed E-state index contributed by atoms with van der Waals surface area (Å²) in [6.07, 6.45) is 9.31. The standard InChI is InChI=1S/C24H31NO2/c1-15-9-10-17-19(13-15)26-22-21-20(16-7-5-4-6-8-16)18-11-12-24(21,27-18)14-25(22)23(17,2)3/h4-8,11-12,15,17-22H,9-10,13-14H2,1-3H3/t15-,17-,18-,19-,20+,21+,22+,24+/m1/s1. The van der Waals surface area contributed by atoms with Crippen LogP contribution in [0.3, 0.4) is 0 Å². The van der Waals surface area contributed by atoms with Crippen molar-refractivity contribution in [3.05, 3.63) is 48.0 Å². The van der Waals surface area contributed by atoms with Gasteiger partial charge < -0.3 is 9.47 Å². The quantitative estimate of drug-likeness (QED) is 0.691. The number of nitrogens with zero attached hydrogens (tertiary/aromatic N) is 1. The second-order valence-electron chi connectivity index (χ2n) is 10.2. The number of hydrogen-bond acceptors (Lipinski definition) is 3. The van der Waals surface area contributed by atoms with E-state index < -0.39 is 0 Å². The molecule has 0 unspecified atom stereocenters. The first-order chi connectivity index (χ1) is 13.0. The molecule has 1 saturated carbocycles. The van der Waals surface area contributed by atoms with Crippen LogP contribution in [-0.2, 0) is 9.47 Å². The van der Waals surface area contributed by atoms with Crippen molar-refractivity contribution < 1.29 is 9.47 Å².